The predicted octanol–water partition coefficient (Wildman–Crippen LogP) is 3.46. The molecule has 0 aliphatic heterocycles. The highest BCUT2D eigenvalue weighted by Crippen LogP contribution is 2.08. The summed E-state index contributed by atoms with van der Waals surface area (Å²) in [4.78, 5) is 20.4. The van der Waals surface area contributed by atoms with E-state index in [-0.39, 0.29) is 30.0 Å². The first-order chi connectivity index (χ1) is 13.3. The lowest BCUT2D eigenvalue weighted by molar-refractivity contribution is 0.0523. The molecular weight excluding hydrogens is 485 g/mol. The SMILES string of the molecule is CCCCC(CNC(=O)OC(C)(C)C)NC(=NC)NCc1ccc(OC)nc1.I. The second kappa shape index (κ2) is 14.2. The molecule has 0 radical (unpaired) electrons. The monoisotopic (exact) mass is 521 g/mol. The lowest BCUT2D eigenvalue weighted by Gasteiger charge is -2.24. The van der Waals surface area contributed by atoms with Crippen LogP contribution >= 0.6 is 24.0 Å². The van der Waals surface area contributed by atoms with Crippen LogP contribution in [-0.2, 0) is 11.3 Å². The molecule has 1 amide bonds. The number of hydrogen-bond donors (Lipinski definition) is 3. The van der Waals surface area contributed by atoms with Gasteiger partial charge in [-0.15, -0.1) is 24.0 Å². The Morgan fingerprint density at radius 3 is 2.52 bits per heavy atom. The van der Waals surface area contributed by atoms with Gasteiger partial charge in [0.05, 0.1) is 7.11 Å². The Labute approximate surface area is 191 Å². The van der Waals surface area contributed by atoms with E-state index in [2.05, 4.69) is 32.9 Å². The fraction of sp³-hybridized carbons (Fsp3) is 0.650. The summed E-state index contributed by atoms with van der Waals surface area (Å²) < 4.78 is 10.4. The van der Waals surface area contributed by atoms with Crippen molar-refractivity contribution in [2.45, 2.75) is 65.1 Å². The molecule has 3 N–H and O–H groups in total. The molecule has 0 aromatic carbocycles. The van der Waals surface area contributed by atoms with Crippen LogP contribution in [0.3, 0.4) is 0 Å². The second-order valence-electron chi connectivity index (χ2n) is 7.50. The number of alkyl carbamates (subject to hydrolysis) is 1. The molecule has 1 atom stereocenters. The average Bonchev–Trinajstić information content (AvgIpc) is 2.65. The van der Waals surface area contributed by atoms with Gasteiger partial charge in [-0.2, -0.15) is 0 Å². The number of unbranched alkanes of at least 4 members (excludes halogenated alkanes) is 1. The first kappa shape index (κ1) is 27.2. The van der Waals surface area contributed by atoms with E-state index in [0.717, 1.165) is 24.8 Å². The van der Waals surface area contributed by atoms with Crippen LogP contribution in [0.25, 0.3) is 0 Å². The zero-order valence-corrected chi connectivity index (χ0v) is 20.7. The number of guanidine groups is 1. The first-order valence-electron chi connectivity index (χ1n) is 9.70. The van der Waals surface area contributed by atoms with Gasteiger partial charge in [0.25, 0.3) is 0 Å². The fourth-order valence-corrected chi connectivity index (χ4v) is 2.41. The van der Waals surface area contributed by atoms with E-state index in [1.165, 1.54) is 0 Å². The third-order valence-electron chi connectivity index (χ3n) is 3.83. The van der Waals surface area contributed by atoms with Gasteiger partial charge in [0, 0.05) is 38.4 Å². The van der Waals surface area contributed by atoms with Crippen molar-refractivity contribution in [3.8, 4) is 5.88 Å². The van der Waals surface area contributed by atoms with Crippen molar-refractivity contribution in [2.24, 2.45) is 4.99 Å². The number of nitrogens with one attached hydrogen (secondary N) is 3. The van der Waals surface area contributed by atoms with Crippen LogP contribution in [0.2, 0.25) is 0 Å². The molecule has 29 heavy (non-hydrogen) atoms. The highest BCUT2D eigenvalue weighted by molar-refractivity contribution is 14.0. The van der Waals surface area contributed by atoms with Crippen LogP contribution in [0.15, 0.2) is 23.3 Å². The summed E-state index contributed by atoms with van der Waals surface area (Å²) in [7, 11) is 3.31. The van der Waals surface area contributed by atoms with Crippen molar-refractivity contribution in [1.82, 2.24) is 20.9 Å². The highest BCUT2D eigenvalue weighted by atomic mass is 127. The Bertz CT molecular complexity index is 618. The van der Waals surface area contributed by atoms with Crippen molar-refractivity contribution in [2.75, 3.05) is 20.7 Å². The van der Waals surface area contributed by atoms with Gasteiger partial charge >= 0.3 is 6.09 Å². The maximum Gasteiger partial charge on any atom is 0.407 e. The van der Waals surface area contributed by atoms with Gasteiger partial charge in [0.2, 0.25) is 5.88 Å². The number of aromatic nitrogens is 1. The molecule has 1 heterocycles. The lowest BCUT2D eigenvalue weighted by Crippen LogP contribution is -2.48. The molecule has 1 aromatic rings. The summed E-state index contributed by atoms with van der Waals surface area (Å²) in [6, 6.07) is 3.82. The minimum Gasteiger partial charge on any atom is -0.481 e. The lowest BCUT2D eigenvalue weighted by atomic mass is 10.1. The van der Waals surface area contributed by atoms with E-state index in [1.807, 2.05) is 32.9 Å². The summed E-state index contributed by atoms with van der Waals surface area (Å²) in [5.41, 5.74) is 0.501. The standard InChI is InChI=1S/C20H35N5O3.HI/c1-7-8-9-16(14-24-19(26)28-20(2,3)4)25-18(21-5)23-13-15-10-11-17(27-6)22-12-15;/h10-12,16H,7-9,13-14H2,1-6H3,(H,24,26)(H2,21,23,25);1H. The zero-order chi connectivity index (χ0) is 21.0. The number of amides is 1. The van der Waals surface area contributed by atoms with Gasteiger partial charge in [-0.25, -0.2) is 9.78 Å². The predicted molar refractivity (Wildman–Crippen MR) is 127 cm³/mol. The van der Waals surface area contributed by atoms with E-state index in [9.17, 15) is 4.79 Å². The number of nitrogens with zero attached hydrogens (tertiary/aromatic N) is 2. The van der Waals surface area contributed by atoms with Crippen molar-refractivity contribution in [3.63, 3.8) is 0 Å². The molecule has 0 spiro atoms. The van der Waals surface area contributed by atoms with E-state index in [4.69, 9.17) is 9.47 Å². The van der Waals surface area contributed by atoms with Crippen molar-refractivity contribution >= 4 is 36.0 Å². The molecule has 1 aromatic heterocycles. The molecule has 0 fully saturated rings. The van der Waals surface area contributed by atoms with Crippen LogP contribution in [0.4, 0.5) is 4.79 Å². The Hall–Kier alpha value is -1.78. The topological polar surface area (TPSA) is 96.9 Å². The number of carbonyl (C=O) groups is 1. The van der Waals surface area contributed by atoms with Crippen molar-refractivity contribution in [3.05, 3.63) is 23.9 Å². The Balaban J connectivity index is 0.00000784. The minimum atomic E-state index is -0.513. The van der Waals surface area contributed by atoms with Gasteiger partial charge < -0.3 is 25.4 Å². The number of rotatable bonds is 9. The van der Waals surface area contributed by atoms with Crippen LogP contribution in [0, 0.1) is 0 Å². The third kappa shape index (κ3) is 12.4. The molecule has 1 unspecified atom stereocenters. The molecule has 0 aliphatic carbocycles. The molecule has 0 saturated heterocycles. The first-order valence-corrected chi connectivity index (χ1v) is 9.70. The molecule has 0 aliphatic rings. The summed E-state index contributed by atoms with van der Waals surface area (Å²) in [6.45, 7) is 8.72. The van der Waals surface area contributed by atoms with Crippen molar-refractivity contribution < 1.29 is 14.3 Å². The Morgan fingerprint density at radius 2 is 2.00 bits per heavy atom. The summed E-state index contributed by atoms with van der Waals surface area (Å²) >= 11 is 0. The number of carbonyl (C=O) groups excluding carboxylic acids is 1. The molecule has 0 saturated carbocycles. The maximum absolute atomic E-state index is 11.9. The van der Waals surface area contributed by atoms with Gasteiger partial charge in [0.15, 0.2) is 5.96 Å². The summed E-state index contributed by atoms with van der Waals surface area (Å²) in [5.74, 6) is 1.25. The summed E-state index contributed by atoms with van der Waals surface area (Å²) in [6.07, 6.45) is 4.39. The van der Waals surface area contributed by atoms with E-state index >= 15 is 0 Å². The van der Waals surface area contributed by atoms with Crippen LogP contribution < -0.4 is 20.7 Å². The fourth-order valence-electron chi connectivity index (χ4n) is 2.41. The van der Waals surface area contributed by atoms with Crippen LogP contribution in [-0.4, -0.2) is 49.4 Å². The third-order valence-corrected chi connectivity index (χ3v) is 3.83. The molecule has 9 heteroatoms. The van der Waals surface area contributed by atoms with E-state index in [0.29, 0.717) is 24.9 Å². The Kier molecular flexibility index (Phi) is 13.4. The van der Waals surface area contributed by atoms with Gasteiger partial charge in [-0.1, -0.05) is 25.8 Å². The van der Waals surface area contributed by atoms with Crippen LogP contribution in [0.1, 0.15) is 52.5 Å². The van der Waals surface area contributed by atoms with Crippen molar-refractivity contribution in [1.29, 1.82) is 0 Å². The number of halogens is 1. The number of hydrogen-bond acceptors (Lipinski definition) is 5. The quantitative estimate of drug-likeness (QED) is 0.262. The largest absolute Gasteiger partial charge is 0.481 e. The van der Waals surface area contributed by atoms with Gasteiger partial charge in [-0.3, -0.25) is 4.99 Å². The van der Waals surface area contributed by atoms with Gasteiger partial charge in [-0.05, 0) is 32.8 Å². The smallest absolute Gasteiger partial charge is 0.407 e. The zero-order valence-electron chi connectivity index (χ0n) is 18.4. The molecule has 1 rings (SSSR count). The molecule has 166 valence electrons. The molecular formula is C20H36IN5O3. The number of ether oxygens (including phenoxy) is 2. The number of methoxy groups -OCH3 is 1. The molecule has 0 bridgehead atoms. The normalized spacial score (nSPS) is 12.4. The highest BCUT2D eigenvalue weighted by Gasteiger charge is 2.18. The van der Waals surface area contributed by atoms with E-state index in [1.54, 1.807) is 20.4 Å². The van der Waals surface area contributed by atoms with Crippen LogP contribution in [0.5, 0.6) is 5.88 Å². The average molecular weight is 521 g/mol. The Morgan fingerprint density at radius 1 is 1.28 bits per heavy atom. The second-order valence-corrected chi connectivity index (χ2v) is 7.50. The number of aliphatic imine (C=N–C) groups is 1. The van der Waals surface area contributed by atoms with E-state index < -0.39 is 11.7 Å². The summed E-state index contributed by atoms with van der Waals surface area (Å²) in [5, 5.41) is 9.48. The maximum atomic E-state index is 11.9. The minimum absolute atomic E-state index is 0. The van der Waals surface area contributed by atoms with Gasteiger partial charge in [0.1, 0.15) is 5.60 Å². The number of pyridine rings is 1. The molecule has 8 nitrogen and oxygen atoms in total.